The van der Waals surface area contributed by atoms with Crippen LogP contribution in [0, 0.1) is 13.8 Å². The number of nitrogens with zero attached hydrogens (tertiary/aromatic N) is 5. The number of dihydropyridines is 1. The van der Waals surface area contributed by atoms with Gasteiger partial charge in [-0.15, -0.1) is 0 Å². The maximum absolute atomic E-state index is 11.9. The van der Waals surface area contributed by atoms with E-state index in [9.17, 15) is 9.59 Å². The van der Waals surface area contributed by atoms with Gasteiger partial charge in [-0.25, -0.2) is 4.98 Å². The number of halogens is 1. The summed E-state index contributed by atoms with van der Waals surface area (Å²) in [6.07, 6.45) is 7.27. The van der Waals surface area contributed by atoms with Gasteiger partial charge in [-0.2, -0.15) is 5.10 Å². The zero-order valence-electron chi connectivity index (χ0n) is 20.0. The van der Waals surface area contributed by atoms with Crippen molar-refractivity contribution in [2.24, 2.45) is 10.7 Å². The number of nitrogens with two attached hydrogens (primary N) is 1. The molecule has 10 heteroatoms. The molecular weight excluding hydrogens is 468 g/mol. The average molecular weight is 497 g/mol. The fraction of sp³-hybridized carbons (Fsp3) is 0.480. The van der Waals surface area contributed by atoms with Crippen LogP contribution in [0.5, 0.6) is 5.88 Å². The number of hydrogen-bond donors (Lipinski definition) is 1. The van der Waals surface area contributed by atoms with Gasteiger partial charge in [0.1, 0.15) is 17.7 Å². The third-order valence-corrected chi connectivity index (χ3v) is 7.65. The predicted molar refractivity (Wildman–Crippen MR) is 132 cm³/mol. The third kappa shape index (κ3) is 4.33. The normalized spacial score (nSPS) is 21.4. The Labute approximate surface area is 209 Å². The average Bonchev–Trinajstić information content (AvgIpc) is 3.36. The number of ketones is 1. The molecule has 1 saturated heterocycles. The lowest BCUT2D eigenvalue weighted by Gasteiger charge is -2.42. The van der Waals surface area contributed by atoms with E-state index in [4.69, 9.17) is 27.2 Å². The number of pyridine rings is 1. The van der Waals surface area contributed by atoms with Gasteiger partial charge in [0.15, 0.2) is 5.78 Å². The van der Waals surface area contributed by atoms with E-state index >= 15 is 0 Å². The Balaban J connectivity index is 1.35. The van der Waals surface area contributed by atoms with Crippen molar-refractivity contribution in [3.63, 3.8) is 0 Å². The Kier molecular flexibility index (Phi) is 6.13. The van der Waals surface area contributed by atoms with Crippen molar-refractivity contribution in [2.45, 2.75) is 57.6 Å². The Morgan fingerprint density at radius 1 is 1.34 bits per heavy atom. The first kappa shape index (κ1) is 23.5. The predicted octanol–water partition coefficient (Wildman–Crippen LogP) is 2.87. The van der Waals surface area contributed by atoms with E-state index < -0.39 is 0 Å². The van der Waals surface area contributed by atoms with Crippen LogP contribution in [-0.4, -0.2) is 63.3 Å². The van der Waals surface area contributed by atoms with E-state index in [2.05, 4.69) is 9.98 Å². The van der Waals surface area contributed by atoms with E-state index in [1.165, 1.54) is 0 Å². The van der Waals surface area contributed by atoms with Crippen LogP contribution in [0.4, 0.5) is 0 Å². The largest absolute Gasteiger partial charge is 0.472 e. The van der Waals surface area contributed by atoms with Crippen LogP contribution in [0.2, 0.25) is 0 Å². The number of carbonyl (C=O) groups excluding carboxylic acids is 2. The molecule has 184 valence electrons. The maximum Gasteiger partial charge on any atom is 0.219 e. The zero-order valence-corrected chi connectivity index (χ0v) is 20.7. The molecule has 3 aliphatic rings. The van der Waals surface area contributed by atoms with Crippen LogP contribution < -0.4 is 10.5 Å². The molecule has 2 aliphatic heterocycles. The number of aromatic nitrogens is 3. The van der Waals surface area contributed by atoms with Crippen molar-refractivity contribution in [1.29, 1.82) is 0 Å². The smallest absolute Gasteiger partial charge is 0.219 e. The summed E-state index contributed by atoms with van der Waals surface area (Å²) in [7, 11) is 0. The topological polar surface area (TPSA) is 116 Å². The molecule has 2 aromatic rings. The minimum absolute atomic E-state index is 0.0844. The van der Waals surface area contributed by atoms with Crippen molar-refractivity contribution < 1.29 is 14.3 Å². The molecular formula is C25H29ClN6O3. The summed E-state index contributed by atoms with van der Waals surface area (Å²) in [5, 5.41) is 5.07. The van der Waals surface area contributed by atoms with E-state index in [0.29, 0.717) is 24.5 Å². The molecule has 9 nitrogen and oxygen atoms in total. The van der Waals surface area contributed by atoms with Crippen LogP contribution in [-0.2, 0) is 15.1 Å². The highest BCUT2D eigenvalue weighted by molar-refractivity contribution is 6.44. The molecule has 5 rings (SSSR count). The van der Waals surface area contributed by atoms with Gasteiger partial charge in [-0.1, -0.05) is 11.6 Å². The molecule has 1 amide bonds. The number of hydrogen-bond acceptors (Lipinski definition) is 7. The molecule has 1 saturated carbocycles. The molecule has 2 N–H and O–H groups in total. The molecule has 4 heterocycles. The van der Waals surface area contributed by atoms with Crippen molar-refractivity contribution in [3.8, 4) is 17.0 Å². The van der Waals surface area contributed by atoms with Gasteiger partial charge in [0.25, 0.3) is 0 Å². The molecule has 0 unspecified atom stereocenters. The Morgan fingerprint density at radius 3 is 2.86 bits per heavy atom. The summed E-state index contributed by atoms with van der Waals surface area (Å²) in [5.41, 5.74) is 9.79. The maximum atomic E-state index is 11.9. The molecule has 1 atom stereocenters. The molecule has 0 bridgehead atoms. The second-order valence-electron chi connectivity index (χ2n) is 9.63. The second kappa shape index (κ2) is 9.11. The van der Waals surface area contributed by atoms with Gasteiger partial charge in [0.05, 0.1) is 29.9 Å². The summed E-state index contributed by atoms with van der Waals surface area (Å²) in [6, 6.07) is 3.88. The SMILES string of the molecule is Cc1nn(C2(CC(N)=O)CCC2)c(C)c1-c1ccnc(O[C@@H]2CCN(C3=C(Cl)C(=O)CN=C3)C2)c1. The molecule has 0 spiro atoms. The summed E-state index contributed by atoms with van der Waals surface area (Å²) < 4.78 is 8.23. The van der Waals surface area contributed by atoms with E-state index in [-0.39, 0.29) is 34.9 Å². The van der Waals surface area contributed by atoms with E-state index in [1.807, 2.05) is 35.6 Å². The summed E-state index contributed by atoms with van der Waals surface area (Å²) in [6.45, 7) is 5.45. The van der Waals surface area contributed by atoms with E-state index in [1.54, 1.807) is 12.4 Å². The molecule has 0 aromatic carbocycles. The summed E-state index contributed by atoms with van der Waals surface area (Å²) in [4.78, 5) is 34.2. The fourth-order valence-corrected chi connectivity index (χ4v) is 5.67. The van der Waals surface area contributed by atoms with Gasteiger partial charge >= 0.3 is 0 Å². The third-order valence-electron chi connectivity index (χ3n) is 7.24. The number of aryl methyl sites for hydroxylation is 1. The van der Waals surface area contributed by atoms with Crippen LogP contribution in [0.1, 0.15) is 43.5 Å². The molecule has 35 heavy (non-hydrogen) atoms. The highest BCUT2D eigenvalue weighted by atomic mass is 35.5. The van der Waals surface area contributed by atoms with Crippen LogP contribution >= 0.6 is 11.6 Å². The quantitative estimate of drug-likeness (QED) is 0.630. The number of allylic oxidation sites excluding steroid dienone is 1. The van der Waals surface area contributed by atoms with Crippen LogP contribution in [0.25, 0.3) is 11.1 Å². The Morgan fingerprint density at radius 2 is 2.14 bits per heavy atom. The highest BCUT2D eigenvalue weighted by Gasteiger charge is 2.42. The number of primary amides is 1. The van der Waals surface area contributed by atoms with Crippen molar-refractivity contribution in [2.75, 3.05) is 19.6 Å². The fourth-order valence-electron chi connectivity index (χ4n) is 5.44. The molecule has 0 radical (unpaired) electrons. The minimum Gasteiger partial charge on any atom is -0.472 e. The van der Waals surface area contributed by atoms with Gasteiger partial charge in [0, 0.05) is 42.7 Å². The Bertz CT molecular complexity index is 1250. The number of amides is 1. The summed E-state index contributed by atoms with van der Waals surface area (Å²) >= 11 is 6.23. The van der Waals surface area contributed by atoms with Gasteiger partial charge < -0.3 is 15.4 Å². The minimum atomic E-state index is -0.321. The van der Waals surface area contributed by atoms with Crippen molar-refractivity contribution in [1.82, 2.24) is 19.7 Å². The lowest BCUT2D eigenvalue weighted by molar-refractivity contribution is -0.121. The number of rotatable bonds is 7. The Hall–Kier alpha value is -3.20. The molecule has 2 fully saturated rings. The van der Waals surface area contributed by atoms with Gasteiger partial charge in [-0.05, 0) is 44.7 Å². The summed E-state index contributed by atoms with van der Waals surface area (Å²) in [5.74, 6) is 0.0727. The molecule has 2 aromatic heterocycles. The van der Waals surface area contributed by atoms with E-state index in [0.717, 1.165) is 54.7 Å². The first-order valence-corrected chi connectivity index (χ1v) is 12.3. The number of Topliss-reactive ketones (excluding diaryl/α,β-unsaturated/α-hetero) is 1. The lowest BCUT2D eigenvalue weighted by atomic mass is 9.74. The van der Waals surface area contributed by atoms with Crippen molar-refractivity contribution >= 4 is 29.5 Å². The monoisotopic (exact) mass is 496 g/mol. The number of ether oxygens (including phenoxy) is 1. The standard InChI is InChI=1S/C25H29ClN6O3/c1-15-23(16(2)32(30-15)25(6-3-7-25)11-21(27)34)17-4-8-29-22(10-17)35-18-5-9-31(14-18)19-12-28-13-20(33)24(19)26/h4,8,10,12,18H,3,5-7,9,11,13-14H2,1-2H3,(H2,27,34)/t18-/m1/s1. The highest BCUT2D eigenvalue weighted by Crippen LogP contribution is 2.44. The second-order valence-corrected chi connectivity index (χ2v) is 10.0. The number of likely N-dealkylation sites (tertiary alicyclic amines) is 1. The van der Waals surface area contributed by atoms with Crippen LogP contribution in [0.15, 0.2) is 34.1 Å². The van der Waals surface area contributed by atoms with Gasteiger partial charge in [-0.3, -0.25) is 19.3 Å². The first-order valence-electron chi connectivity index (χ1n) is 11.9. The lowest BCUT2D eigenvalue weighted by Crippen LogP contribution is -2.45. The number of aliphatic imine (C=N–C) groups is 1. The molecule has 1 aliphatic carbocycles. The van der Waals surface area contributed by atoms with Crippen LogP contribution in [0.3, 0.4) is 0 Å². The van der Waals surface area contributed by atoms with Gasteiger partial charge in [0.2, 0.25) is 11.8 Å². The number of carbonyl (C=O) groups is 2. The van der Waals surface area contributed by atoms with Crippen molar-refractivity contribution in [3.05, 3.63) is 40.4 Å². The zero-order chi connectivity index (χ0) is 24.7. The first-order chi connectivity index (χ1) is 16.8.